The van der Waals surface area contributed by atoms with Gasteiger partial charge in [-0.1, -0.05) is 30.3 Å². The van der Waals surface area contributed by atoms with Crippen LogP contribution in [0.5, 0.6) is 5.75 Å². The Morgan fingerprint density at radius 2 is 2.04 bits per heavy atom. The van der Waals surface area contributed by atoms with E-state index in [9.17, 15) is 4.79 Å². The predicted molar refractivity (Wildman–Crippen MR) is 99.9 cm³/mol. The van der Waals surface area contributed by atoms with E-state index in [1.54, 1.807) is 7.11 Å². The Bertz CT molecular complexity index is 873. The van der Waals surface area contributed by atoms with Gasteiger partial charge in [0, 0.05) is 18.4 Å². The molecule has 0 bridgehead atoms. The molecule has 0 aliphatic heterocycles. The van der Waals surface area contributed by atoms with Gasteiger partial charge in [-0.3, -0.25) is 9.78 Å². The van der Waals surface area contributed by atoms with Crippen LogP contribution in [0.3, 0.4) is 0 Å². The molecule has 0 saturated heterocycles. The molecule has 0 spiro atoms. The lowest BCUT2D eigenvalue weighted by atomic mass is 10.0. The van der Waals surface area contributed by atoms with Crippen LogP contribution in [0.25, 0.3) is 10.8 Å². The smallest absolute Gasteiger partial charge is 0.224 e. The van der Waals surface area contributed by atoms with Crippen LogP contribution in [0.1, 0.15) is 16.8 Å². The number of rotatable bonds is 6. The summed E-state index contributed by atoms with van der Waals surface area (Å²) in [6.45, 7) is 2.57. The van der Waals surface area contributed by atoms with Crippen LogP contribution in [0.4, 0.5) is 0 Å². The van der Waals surface area contributed by atoms with Gasteiger partial charge < -0.3 is 10.1 Å². The maximum Gasteiger partial charge on any atom is 0.224 e. The molecule has 0 aliphatic carbocycles. The third kappa shape index (κ3) is 4.35. The monoisotopic (exact) mass is 334 g/mol. The quantitative estimate of drug-likeness (QED) is 0.751. The number of ether oxygens (including phenoxy) is 1. The molecule has 3 rings (SSSR count). The third-order valence-electron chi connectivity index (χ3n) is 4.24. The van der Waals surface area contributed by atoms with Crippen LogP contribution < -0.4 is 10.1 Å². The average Bonchev–Trinajstić information content (AvgIpc) is 2.63. The van der Waals surface area contributed by atoms with Gasteiger partial charge in [-0.15, -0.1) is 0 Å². The standard InChI is InChI=1S/C21H22N2O2/c1-15-6-7-16(14-23-15)10-11-22-21(24)12-18-5-3-4-17-8-9-19(25-2)13-20(17)18/h3-9,13-14H,10-12H2,1-2H3,(H,22,24). The summed E-state index contributed by atoms with van der Waals surface area (Å²) >= 11 is 0. The molecular weight excluding hydrogens is 312 g/mol. The zero-order valence-corrected chi connectivity index (χ0v) is 14.6. The molecule has 1 aromatic heterocycles. The molecule has 0 saturated carbocycles. The first kappa shape index (κ1) is 17.0. The van der Waals surface area contributed by atoms with Crippen LogP contribution in [0.2, 0.25) is 0 Å². The number of aryl methyl sites for hydroxylation is 1. The molecule has 0 atom stereocenters. The molecule has 0 radical (unpaired) electrons. The van der Waals surface area contributed by atoms with Crippen molar-refractivity contribution < 1.29 is 9.53 Å². The maximum absolute atomic E-state index is 12.3. The van der Waals surface area contributed by atoms with E-state index in [-0.39, 0.29) is 5.91 Å². The second kappa shape index (κ2) is 7.79. The van der Waals surface area contributed by atoms with E-state index in [1.807, 2.05) is 61.7 Å². The summed E-state index contributed by atoms with van der Waals surface area (Å²) < 4.78 is 5.30. The van der Waals surface area contributed by atoms with E-state index in [1.165, 1.54) is 0 Å². The topological polar surface area (TPSA) is 51.2 Å². The Kier molecular flexibility index (Phi) is 5.29. The van der Waals surface area contributed by atoms with Crippen molar-refractivity contribution >= 4 is 16.7 Å². The number of carbonyl (C=O) groups excluding carboxylic acids is 1. The average molecular weight is 334 g/mol. The second-order valence-electron chi connectivity index (χ2n) is 6.09. The minimum Gasteiger partial charge on any atom is -0.497 e. The van der Waals surface area contributed by atoms with Crippen molar-refractivity contribution in [1.82, 2.24) is 10.3 Å². The number of amides is 1. The molecule has 4 nitrogen and oxygen atoms in total. The van der Waals surface area contributed by atoms with Gasteiger partial charge in [0.1, 0.15) is 5.75 Å². The minimum absolute atomic E-state index is 0.0235. The van der Waals surface area contributed by atoms with Crippen molar-refractivity contribution in [3.05, 3.63) is 71.5 Å². The Labute approximate surface area is 147 Å². The van der Waals surface area contributed by atoms with Gasteiger partial charge in [-0.2, -0.15) is 0 Å². The minimum atomic E-state index is 0.0235. The largest absolute Gasteiger partial charge is 0.497 e. The summed E-state index contributed by atoms with van der Waals surface area (Å²) in [5.74, 6) is 0.822. The third-order valence-corrected chi connectivity index (χ3v) is 4.24. The summed E-state index contributed by atoms with van der Waals surface area (Å²) in [6, 6.07) is 16.0. The Hall–Kier alpha value is -2.88. The number of nitrogens with zero attached hydrogens (tertiary/aromatic N) is 1. The number of benzene rings is 2. The van der Waals surface area contributed by atoms with Gasteiger partial charge in [0.25, 0.3) is 0 Å². The number of hydrogen-bond acceptors (Lipinski definition) is 3. The predicted octanol–water partition coefficient (Wildman–Crippen LogP) is 3.45. The maximum atomic E-state index is 12.3. The number of hydrogen-bond donors (Lipinski definition) is 1. The van der Waals surface area contributed by atoms with Crippen molar-refractivity contribution in [3.8, 4) is 5.75 Å². The fourth-order valence-electron chi connectivity index (χ4n) is 2.83. The normalized spacial score (nSPS) is 10.6. The molecule has 128 valence electrons. The number of aromatic nitrogens is 1. The highest BCUT2D eigenvalue weighted by Crippen LogP contribution is 2.24. The van der Waals surface area contributed by atoms with Crippen LogP contribution >= 0.6 is 0 Å². The van der Waals surface area contributed by atoms with Crippen molar-refractivity contribution in [3.63, 3.8) is 0 Å². The highest BCUT2D eigenvalue weighted by atomic mass is 16.5. The number of carbonyl (C=O) groups is 1. The van der Waals surface area contributed by atoms with Gasteiger partial charge >= 0.3 is 0 Å². The van der Waals surface area contributed by atoms with Crippen molar-refractivity contribution in [1.29, 1.82) is 0 Å². The first-order valence-corrected chi connectivity index (χ1v) is 8.39. The summed E-state index contributed by atoms with van der Waals surface area (Å²) in [5, 5.41) is 5.15. The van der Waals surface area contributed by atoms with Crippen molar-refractivity contribution in [2.75, 3.05) is 13.7 Å². The van der Waals surface area contributed by atoms with E-state index in [0.29, 0.717) is 13.0 Å². The van der Waals surface area contributed by atoms with Gasteiger partial charge in [0.15, 0.2) is 0 Å². The SMILES string of the molecule is COc1ccc2cccc(CC(=O)NCCc3ccc(C)nc3)c2c1. The van der Waals surface area contributed by atoms with Gasteiger partial charge in [0.05, 0.1) is 13.5 Å². The molecule has 25 heavy (non-hydrogen) atoms. The molecule has 4 heteroatoms. The molecule has 0 aliphatic rings. The van der Waals surface area contributed by atoms with Crippen LogP contribution in [0, 0.1) is 6.92 Å². The summed E-state index contributed by atoms with van der Waals surface area (Å²) in [4.78, 5) is 16.6. The molecular formula is C21H22N2O2. The summed E-state index contributed by atoms with van der Waals surface area (Å²) in [6.07, 6.45) is 3.00. The van der Waals surface area contributed by atoms with Gasteiger partial charge in [-0.25, -0.2) is 0 Å². The first-order valence-electron chi connectivity index (χ1n) is 8.39. The molecule has 0 fully saturated rings. The lowest BCUT2D eigenvalue weighted by molar-refractivity contribution is -0.120. The number of methoxy groups -OCH3 is 1. The van der Waals surface area contributed by atoms with E-state index < -0.39 is 0 Å². The Balaban J connectivity index is 1.62. The highest BCUT2D eigenvalue weighted by molar-refractivity contribution is 5.91. The fourth-order valence-corrected chi connectivity index (χ4v) is 2.83. The second-order valence-corrected chi connectivity index (χ2v) is 6.09. The Morgan fingerprint density at radius 1 is 1.16 bits per heavy atom. The van der Waals surface area contributed by atoms with E-state index in [2.05, 4.69) is 10.3 Å². The summed E-state index contributed by atoms with van der Waals surface area (Å²) in [7, 11) is 1.65. The first-order chi connectivity index (χ1) is 12.2. The fraction of sp³-hybridized carbons (Fsp3) is 0.238. The van der Waals surface area contributed by atoms with Gasteiger partial charge in [-0.05, 0) is 53.4 Å². The molecule has 3 aromatic rings. The van der Waals surface area contributed by atoms with Gasteiger partial charge in [0.2, 0.25) is 5.91 Å². The number of fused-ring (bicyclic) bond motifs is 1. The summed E-state index contributed by atoms with van der Waals surface area (Å²) in [5.41, 5.74) is 3.13. The Morgan fingerprint density at radius 3 is 2.80 bits per heavy atom. The molecule has 0 unspecified atom stereocenters. The zero-order chi connectivity index (χ0) is 17.6. The highest BCUT2D eigenvalue weighted by Gasteiger charge is 2.08. The molecule has 1 N–H and O–H groups in total. The number of nitrogens with one attached hydrogen (secondary N) is 1. The van der Waals surface area contributed by atoms with E-state index >= 15 is 0 Å². The van der Waals surface area contributed by atoms with E-state index in [4.69, 9.17) is 4.74 Å². The van der Waals surface area contributed by atoms with Crippen LogP contribution in [0.15, 0.2) is 54.7 Å². The zero-order valence-electron chi connectivity index (χ0n) is 14.6. The molecule has 1 heterocycles. The van der Waals surface area contributed by atoms with Crippen LogP contribution in [-0.4, -0.2) is 24.5 Å². The lowest BCUT2D eigenvalue weighted by Crippen LogP contribution is -2.27. The molecule has 2 aromatic carbocycles. The van der Waals surface area contributed by atoms with Crippen LogP contribution in [-0.2, 0) is 17.6 Å². The lowest BCUT2D eigenvalue weighted by Gasteiger charge is -2.09. The van der Waals surface area contributed by atoms with Crippen molar-refractivity contribution in [2.45, 2.75) is 19.8 Å². The van der Waals surface area contributed by atoms with E-state index in [0.717, 1.165) is 39.8 Å². The molecule has 1 amide bonds. The number of pyridine rings is 1. The van der Waals surface area contributed by atoms with Crippen molar-refractivity contribution in [2.24, 2.45) is 0 Å².